The number of hydrogen-bond acceptors (Lipinski definition) is 4. The van der Waals surface area contributed by atoms with Crippen molar-refractivity contribution in [2.45, 2.75) is 25.9 Å². The molecule has 4 rings (SSSR count). The van der Waals surface area contributed by atoms with E-state index in [4.69, 9.17) is 4.74 Å². The molecule has 0 saturated carbocycles. The minimum atomic E-state index is -0.0895. The molecule has 2 aromatic heterocycles. The van der Waals surface area contributed by atoms with Gasteiger partial charge in [0.15, 0.2) is 5.69 Å². The molecule has 1 aromatic carbocycles. The van der Waals surface area contributed by atoms with Gasteiger partial charge in [0.05, 0.1) is 18.2 Å². The molecule has 1 atom stereocenters. The minimum absolute atomic E-state index is 0.0398. The number of aromatic nitrogens is 4. The van der Waals surface area contributed by atoms with Gasteiger partial charge in [0.1, 0.15) is 5.82 Å². The lowest BCUT2D eigenvalue weighted by molar-refractivity contribution is 0.0630. The van der Waals surface area contributed by atoms with Crippen LogP contribution in [0.4, 0.5) is 0 Å². The summed E-state index contributed by atoms with van der Waals surface area (Å²) in [6, 6.07) is 7.74. The summed E-state index contributed by atoms with van der Waals surface area (Å²) >= 11 is 0. The van der Waals surface area contributed by atoms with Crippen LogP contribution in [0.15, 0.2) is 30.5 Å². The second kappa shape index (κ2) is 6.57. The van der Waals surface area contributed by atoms with Gasteiger partial charge in [-0.05, 0) is 13.0 Å². The van der Waals surface area contributed by atoms with E-state index in [1.165, 1.54) is 0 Å². The van der Waals surface area contributed by atoms with E-state index in [0.29, 0.717) is 18.8 Å². The molecule has 0 unspecified atom stereocenters. The van der Waals surface area contributed by atoms with E-state index in [1.54, 1.807) is 11.8 Å². The summed E-state index contributed by atoms with van der Waals surface area (Å²) in [4.78, 5) is 19.7. The average molecular weight is 353 g/mol. The molecule has 0 spiro atoms. The maximum atomic E-state index is 13.2. The molecular formula is C19H23N5O2. The van der Waals surface area contributed by atoms with Crippen molar-refractivity contribution in [3.05, 3.63) is 47.7 Å². The molecule has 0 radical (unpaired) electrons. The fourth-order valence-electron chi connectivity index (χ4n) is 3.75. The number of aryl methyl sites for hydroxylation is 1. The van der Waals surface area contributed by atoms with Crippen LogP contribution in [0.25, 0.3) is 10.9 Å². The van der Waals surface area contributed by atoms with Crippen molar-refractivity contribution < 1.29 is 9.53 Å². The van der Waals surface area contributed by atoms with Gasteiger partial charge in [0.2, 0.25) is 0 Å². The van der Waals surface area contributed by atoms with Crippen LogP contribution >= 0.6 is 0 Å². The molecule has 0 aliphatic carbocycles. The van der Waals surface area contributed by atoms with Crippen LogP contribution < -0.4 is 0 Å². The van der Waals surface area contributed by atoms with Gasteiger partial charge in [0, 0.05) is 50.9 Å². The van der Waals surface area contributed by atoms with Gasteiger partial charge >= 0.3 is 0 Å². The highest BCUT2D eigenvalue weighted by atomic mass is 16.5. The lowest BCUT2D eigenvalue weighted by Crippen LogP contribution is -2.41. The van der Waals surface area contributed by atoms with Gasteiger partial charge in [0.25, 0.3) is 5.91 Å². The Kier molecular flexibility index (Phi) is 4.24. The second-order valence-corrected chi connectivity index (χ2v) is 6.67. The van der Waals surface area contributed by atoms with E-state index < -0.39 is 0 Å². The standard InChI is InChI=1S/C19H23N5O2/c1-13-18-20-12-14(8-11-26-3)24(18)10-9-23(13)19(25)17-15-6-4-5-7-16(15)22(2)21-17/h4-7,12-13H,8-11H2,1-3H3/t13-/m1/s1. The molecule has 1 aliphatic heterocycles. The molecule has 3 aromatic rings. The summed E-state index contributed by atoms with van der Waals surface area (Å²) in [7, 11) is 3.57. The predicted octanol–water partition coefficient (Wildman–Crippen LogP) is 2.18. The summed E-state index contributed by atoms with van der Waals surface area (Å²) < 4.78 is 9.15. The molecule has 0 N–H and O–H groups in total. The molecular weight excluding hydrogens is 330 g/mol. The lowest BCUT2D eigenvalue weighted by atomic mass is 10.1. The highest BCUT2D eigenvalue weighted by molar-refractivity contribution is 6.05. The fraction of sp³-hybridized carbons (Fsp3) is 0.421. The lowest BCUT2D eigenvalue weighted by Gasteiger charge is -2.34. The highest BCUT2D eigenvalue weighted by Crippen LogP contribution is 2.28. The number of nitrogens with zero attached hydrogens (tertiary/aromatic N) is 5. The number of benzene rings is 1. The zero-order chi connectivity index (χ0) is 18.3. The molecule has 3 heterocycles. The average Bonchev–Trinajstić information content (AvgIpc) is 3.22. The largest absolute Gasteiger partial charge is 0.384 e. The molecule has 0 saturated heterocycles. The number of imidazole rings is 1. The third-order valence-electron chi connectivity index (χ3n) is 5.16. The van der Waals surface area contributed by atoms with Crippen molar-refractivity contribution in [3.8, 4) is 0 Å². The smallest absolute Gasteiger partial charge is 0.275 e. The summed E-state index contributed by atoms with van der Waals surface area (Å²) in [6.45, 7) is 4.09. The van der Waals surface area contributed by atoms with E-state index in [-0.39, 0.29) is 11.9 Å². The Morgan fingerprint density at radius 1 is 1.31 bits per heavy atom. The maximum Gasteiger partial charge on any atom is 0.275 e. The minimum Gasteiger partial charge on any atom is -0.384 e. The first kappa shape index (κ1) is 16.8. The Balaban J connectivity index is 1.64. The van der Waals surface area contributed by atoms with Crippen LogP contribution in [-0.2, 0) is 24.8 Å². The van der Waals surface area contributed by atoms with Gasteiger partial charge in [-0.3, -0.25) is 9.48 Å². The molecule has 0 fully saturated rings. The molecule has 136 valence electrons. The molecule has 1 aliphatic rings. The van der Waals surface area contributed by atoms with Crippen molar-refractivity contribution in [1.82, 2.24) is 24.2 Å². The van der Waals surface area contributed by atoms with E-state index in [1.807, 2.05) is 49.3 Å². The Hall–Kier alpha value is -2.67. The van der Waals surface area contributed by atoms with Crippen LogP contribution in [0.1, 0.15) is 35.0 Å². The number of fused-ring (bicyclic) bond motifs is 2. The number of methoxy groups -OCH3 is 1. The zero-order valence-corrected chi connectivity index (χ0v) is 15.3. The van der Waals surface area contributed by atoms with Crippen LogP contribution in [0.3, 0.4) is 0 Å². The molecule has 7 nitrogen and oxygen atoms in total. The summed E-state index contributed by atoms with van der Waals surface area (Å²) in [5.41, 5.74) is 2.63. The van der Waals surface area contributed by atoms with Crippen LogP contribution in [0.5, 0.6) is 0 Å². The number of para-hydroxylation sites is 1. The number of rotatable bonds is 4. The summed E-state index contributed by atoms with van der Waals surface area (Å²) in [5.74, 6) is 0.887. The van der Waals surface area contributed by atoms with Crippen molar-refractivity contribution in [3.63, 3.8) is 0 Å². The predicted molar refractivity (Wildman–Crippen MR) is 98.0 cm³/mol. The van der Waals surface area contributed by atoms with Gasteiger partial charge < -0.3 is 14.2 Å². The number of hydrogen-bond donors (Lipinski definition) is 0. The van der Waals surface area contributed by atoms with Crippen LogP contribution in [-0.4, -0.2) is 50.4 Å². The summed E-state index contributed by atoms with van der Waals surface area (Å²) in [5, 5.41) is 5.37. The van der Waals surface area contributed by atoms with Crippen molar-refractivity contribution >= 4 is 16.8 Å². The Bertz CT molecular complexity index is 958. The van der Waals surface area contributed by atoms with Crippen LogP contribution in [0.2, 0.25) is 0 Å². The van der Waals surface area contributed by atoms with E-state index in [0.717, 1.165) is 35.4 Å². The Labute approximate surface area is 152 Å². The Morgan fingerprint density at radius 2 is 2.12 bits per heavy atom. The highest BCUT2D eigenvalue weighted by Gasteiger charge is 2.32. The first-order valence-corrected chi connectivity index (χ1v) is 8.87. The molecule has 7 heteroatoms. The first-order chi connectivity index (χ1) is 12.6. The van der Waals surface area contributed by atoms with Gasteiger partial charge in [-0.15, -0.1) is 0 Å². The van der Waals surface area contributed by atoms with Crippen molar-refractivity contribution in [2.75, 3.05) is 20.3 Å². The fourth-order valence-corrected chi connectivity index (χ4v) is 3.75. The van der Waals surface area contributed by atoms with E-state index in [9.17, 15) is 4.79 Å². The zero-order valence-electron chi connectivity index (χ0n) is 15.3. The summed E-state index contributed by atoms with van der Waals surface area (Å²) in [6.07, 6.45) is 2.73. The van der Waals surface area contributed by atoms with Gasteiger partial charge in [-0.25, -0.2) is 4.98 Å². The second-order valence-electron chi connectivity index (χ2n) is 6.67. The normalized spacial score (nSPS) is 16.9. The molecule has 26 heavy (non-hydrogen) atoms. The van der Waals surface area contributed by atoms with Crippen molar-refractivity contribution in [1.29, 1.82) is 0 Å². The number of amides is 1. The molecule has 1 amide bonds. The number of carbonyl (C=O) groups is 1. The topological polar surface area (TPSA) is 65.2 Å². The SMILES string of the molecule is COCCc1cnc2n1CCN(C(=O)c1nn(C)c3ccccc13)[C@@H]2C. The Morgan fingerprint density at radius 3 is 2.92 bits per heavy atom. The van der Waals surface area contributed by atoms with E-state index in [2.05, 4.69) is 14.6 Å². The van der Waals surface area contributed by atoms with Gasteiger partial charge in [-0.1, -0.05) is 18.2 Å². The van der Waals surface area contributed by atoms with Gasteiger partial charge in [-0.2, -0.15) is 5.10 Å². The monoisotopic (exact) mass is 353 g/mol. The van der Waals surface area contributed by atoms with Crippen molar-refractivity contribution in [2.24, 2.45) is 7.05 Å². The third kappa shape index (κ3) is 2.59. The maximum absolute atomic E-state index is 13.2. The van der Waals surface area contributed by atoms with Crippen LogP contribution in [0, 0.1) is 0 Å². The quantitative estimate of drug-likeness (QED) is 0.721. The number of ether oxygens (including phenoxy) is 1. The third-order valence-corrected chi connectivity index (χ3v) is 5.16. The first-order valence-electron chi connectivity index (χ1n) is 8.87. The molecule has 0 bridgehead atoms. The van der Waals surface area contributed by atoms with E-state index >= 15 is 0 Å². The number of carbonyl (C=O) groups excluding carboxylic acids is 1.